The minimum absolute atomic E-state index is 0.0962. The van der Waals surface area contributed by atoms with E-state index < -0.39 is 11.7 Å². The first-order valence-electron chi connectivity index (χ1n) is 7.43. The van der Waals surface area contributed by atoms with Gasteiger partial charge in [-0.3, -0.25) is 9.59 Å². The third-order valence-corrected chi connectivity index (χ3v) is 3.50. The Hall–Kier alpha value is -2.69. The van der Waals surface area contributed by atoms with Crippen LogP contribution in [0.5, 0.6) is 0 Å². The molecule has 0 radical (unpaired) electrons. The zero-order valence-electron chi connectivity index (χ0n) is 13.2. The van der Waals surface area contributed by atoms with Gasteiger partial charge in [-0.1, -0.05) is 37.3 Å². The third-order valence-electron chi connectivity index (χ3n) is 3.50. The fourth-order valence-corrected chi connectivity index (χ4v) is 2.32. The monoisotopic (exact) mass is 314 g/mol. The highest BCUT2D eigenvalue weighted by atomic mass is 19.1. The summed E-state index contributed by atoms with van der Waals surface area (Å²) >= 11 is 0. The normalized spacial score (nSPS) is 10.2. The summed E-state index contributed by atoms with van der Waals surface area (Å²) in [6.45, 7) is 3.06. The molecule has 4 nitrogen and oxygen atoms in total. The van der Waals surface area contributed by atoms with E-state index in [0.717, 1.165) is 16.9 Å². The van der Waals surface area contributed by atoms with Gasteiger partial charge in [-0.15, -0.1) is 0 Å². The highest BCUT2D eigenvalue weighted by molar-refractivity contribution is 6.02. The number of nitrogens with one attached hydrogen (secondary N) is 1. The first kappa shape index (κ1) is 16.7. The number of nitrogens with zero attached hydrogens (tertiary/aromatic N) is 1. The lowest BCUT2D eigenvalue weighted by molar-refractivity contribution is -0.120. The second-order valence-corrected chi connectivity index (χ2v) is 5.12. The molecule has 1 N–H and O–H groups in total. The number of halogens is 1. The molecule has 0 unspecified atom stereocenters. The first-order chi connectivity index (χ1) is 11.0. The Balaban J connectivity index is 2.16. The molecule has 0 aromatic heterocycles. The van der Waals surface area contributed by atoms with E-state index in [4.69, 9.17) is 0 Å². The van der Waals surface area contributed by atoms with Gasteiger partial charge >= 0.3 is 0 Å². The molecule has 2 aromatic carbocycles. The third kappa shape index (κ3) is 4.16. The molecule has 5 heteroatoms. The van der Waals surface area contributed by atoms with Crippen LogP contribution in [0.4, 0.5) is 15.8 Å². The van der Waals surface area contributed by atoms with Gasteiger partial charge in [0.15, 0.2) is 0 Å². The van der Waals surface area contributed by atoms with Gasteiger partial charge < -0.3 is 10.2 Å². The standard InChI is InChI=1S/C18H19FN2O2/c1-3-14-8-4-6-10-16(14)20-18(23)12-21(13(2)22)17-11-7-5-9-15(17)19/h4-11H,3,12H2,1-2H3,(H,20,23). The van der Waals surface area contributed by atoms with Gasteiger partial charge in [0.05, 0.1) is 5.69 Å². The van der Waals surface area contributed by atoms with E-state index >= 15 is 0 Å². The van der Waals surface area contributed by atoms with E-state index in [0.29, 0.717) is 5.69 Å². The summed E-state index contributed by atoms with van der Waals surface area (Å²) in [5.74, 6) is -1.30. The van der Waals surface area contributed by atoms with Crippen LogP contribution in [-0.2, 0) is 16.0 Å². The molecule has 0 spiro atoms. The second-order valence-electron chi connectivity index (χ2n) is 5.12. The first-order valence-corrected chi connectivity index (χ1v) is 7.43. The molecular formula is C18H19FN2O2. The average molecular weight is 314 g/mol. The van der Waals surface area contributed by atoms with Gasteiger partial charge in [0.25, 0.3) is 0 Å². The molecule has 23 heavy (non-hydrogen) atoms. The molecule has 0 fully saturated rings. The van der Waals surface area contributed by atoms with Crippen molar-refractivity contribution in [2.24, 2.45) is 0 Å². The number of para-hydroxylation sites is 2. The number of hydrogen-bond donors (Lipinski definition) is 1. The zero-order valence-corrected chi connectivity index (χ0v) is 13.2. The Labute approximate surface area is 134 Å². The van der Waals surface area contributed by atoms with E-state index in [9.17, 15) is 14.0 Å². The zero-order chi connectivity index (χ0) is 16.8. The van der Waals surface area contributed by atoms with Crippen molar-refractivity contribution in [3.8, 4) is 0 Å². The second kappa shape index (κ2) is 7.54. The van der Waals surface area contributed by atoms with Crippen LogP contribution in [-0.4, -0.2) is 18.4 Å². The Morgan fingerprint density at radius 1 is 1.09 bits per heavy atom. The van der Waals surface area contributed by atoms with Gasteiger partial charge in [0.1, 0.15) is 12.4 Å². The van der Waals surface area contributed by atoms with E-state index in [1.54, 1.807) is 12.1 Å². The summed E-state index contributed by atoms with van der Waals surface area (Å²) < 4.78 is 13.9. The molecule has 0 atom stereocenters. The minimum atomic E-state index is -0.538. The van der Waals surface area contributed by atoms with Crippen LogP contribution in [0.3, 0.4) is 0 Å². The summed E-state index contributed by atoms with van der Waals surface area (Å²) in [7, 11) is 0. The summed E-state index contributed by atoms with van der Waals surface area (Å²) in [5.41, 5.74) is 1.80. The number of rotatable bonds is 5. The number of carbonyl (C=O) groups excluding carboxylic acids is 2. The molecule has 0 aliphatic rings. The van der Waals surface area contributed by atoms with Crippen molar-refractivity contribution < 1.29 is 14.0 Å². The number of amides is 2. The fraction of sp³-hybridized carbons (Fsp3) is 0.222. The highest BCUT2D eigenvalue weighted by Gasteiger charge is 2.19. The Kier molecular flexibility index (Phi) is 5.46. The fourth-order valence-electron chi connectivity index (χ4n) is 2.32. The van der Waals surface area contributed by atoms with Gasteiger partial charge in [-0.2, -0.15) is 0 Å². The molecule has 0 aliphatic heterocycles. The predicted molar refractivity (Wildman–Crippen MR) is 88.9 cm³/mol. The van der Waals surface area contributed by atoms with E-state index in [1.807, 2.05) is 25.1 Å². The summed E-state index contributed by atoms with van der Waals surface area (Å²) in [6.07, 6.45) is 0.778. The number of anilines is 2. The van der Waals surface area contributed by atoms with Crippen molar-refractivity contribution in [3.05, 3.63) is 59.9 Å². The number of benzene rings is 2. The van der Waals surface area contributed by atoms with Crippen molar-refractivity contribution in [1.29, 1.82) is 0 Å². The van der Waals surface area contributed by atoms with Crippen LogP contribution in [0.2, 0.25) is 0 Å². The van der Waals surface area contributed by atoms with Crippen molar-refractivity contribution in [2.75, 3.05) is 16.8 Å². The van der Waals surface area contributed by atoms with Crippen LogP contribution in [0, 0.1) is 5.82 Å². The predicted octanol–water partition coefficient (Wildman–Crippen LogP) is 3.38. The van der Waals surface area contributed by atoms with Crippen LogP contribution in [0.1, 0.15) is 19.4 Å². The molecule has 0 bridgehead atoms. The van der Waals surface area contributed by atoms with Gasteiger partial charge in [0.2, 0.25) is 11.8 Å². The summed E-state index contributed by atoms with van der Waals surface area (Å²) in [5, 5.41) is 2.78. The lowest BCUT2D eigenvalue weighted by Crippen LogP contribution is -2.37. The molecule has 2 aromatic rings. The number of hydrogen-bond acceptors (Lipinski definition) is 2. The molecule has 0 heterocycles. The Morgan fingerprint density at radius 2 is 1.74 bits per heavy atom. The van der Waals surface area contributed by atoms with Crippen molar-refractivity contribution in [2.45, 2.75) is 20.3 Å². The van der Waals surface area contributed by atoms with E-state index in [2.05, 4.69) is 5.32 Å². The topological polar surface area (TPSA) is 49.4 Å². The maximum atomic E-state index is 13.9. The van der Waals surface area contributed by atoms with Crippen molar-refractivity contribution in [1.82, 2.24) is 0 Å². The molecule has 0 aliphatic carbocycles. The Morgan fingerprint density at radius 3 is 2.39 bits per heavy atom. The van der Waals surface area contributed by atoms with Gasteiger partial charge in [-0.25, -0.2) is 4.39 Å². The largest absolute Gasteiger partial charge is 0.324 e. The van der Waals surface area contributed by atoms with Crippen molar-refractivity contribution in [3.63, 3.8) is 0 Å². The maximum Gasteiger partial charge on any atom is 0.244 e. The summed E-state index contributed by atoms with van der Waals surface area (Å²) in [4.78, 5) is 25.2. The Bertz CT molecular complexity index is 716. The van der Waals surface area contributed by atoms with Crippen LogP contribution < -0.4 is 10.2 Å². The molecule has 2 amide bonds. The molecule has 2 rings (SSSR count). The number of carbonyl (C=O) groups is 2. The van der Waals surface area contributed by atoms with Gasteiger partial charge in [-0.05, 0) is 30.2 Å². The van der Waals surface area contributed by atoms with Crippen molar-refractivity contribution >= 4 is 23.2 Å². The van der Waals surface area contributed by atoms with E-state index in [1.165, 1.54) is 25.1 Å². The summed E-state index contributed by atoms with van der Waals surface area (Å²) in [6, 6.07) is 13.4. The molecule has 0 saturated heterocycles. The minimum Gasteiger partial charge on any atom is -0.324 e. The quantitative estimate of drug-likeness (QED) is 0.920. The van der Waals surface area contributed by atoms with E-state index in [-0.39, 0.29) is 18.1 Å². The molecule has 120 valence electrons. The lowest BCUT2D eigenvalue weighted by Gasteiger charge is -2.21. The van der Waals surface area contributed by atoms with Crippen LogP contribution in [0.25, 0.3) is 0 Å². The average Bonchev–Trinajstić information content (AvgIpc) is 2.53. The van der Waals surface area contributed by atoms with Gasteiger partial charge in [0, 0.05) is 12.6 Å². The SMILES string of the molecule is CCc1ccccc1NC(=O)CN(C(C)=O)c1ccccc1F. The number of aryl methyl sites for hydroxylation is 1. The molecular weight excluding hydrogens is 295 g/mol. The lowest BCUT2D eigenvalue weighted by atomic mass is 10.1. The van der Waals surface area contributed by atoms with Crippen LogP contribution in [0.15, 0.2) is 48.5 Å². The maximum absolute atomic E-state index is 13.9. The van der Waals surface area contributed by atoms with Crippen LogP contribution >= 0.6 is 0 Å². The smallest absolute Gasteiger partial charge is 0.244 e. The molecule has 0 saturated carbocycles. The highest BCUT2D eigenvalue weighted by Crippen LogP contribution is 2.20.